The van der Waals surface area contributed by atoms with Crippen LogP contribution in [0, 0.1) is 0 Å². The van der Waals surface area contributed by atoms with Crippen molar-refractivity contribution in [2.45, 2.75) is 0 Å². The van der Waals surface area contributed by atoms with Gasteiger partial charge in [-0.15, -0.1) is 0 Å². The van der Waals surface area contributed by atoms with E-state index in [-0.39, 0.29) is 72.0 Å². The van der Waals surface area contributed by atoms with Crippen molar-refractivity contribution in [2.24, 2.45) is 0 Å². The third kappa shape index (κ3) is 24.9. The molecule has 40 valence electrons. The molecule has 0 aromatic carbocycles. The summed E-state index contributed by atoms with van der Waals surface area (Å²) in [4.78, 5) is 0. The first-order valence-corrected chi connectivity index (χ1v) is 0. The second-order valence-electron chi connectivity index (χ2n) is 0. The fraction of sp³-hybridized carbons (Fsp3) is 0. The average molecular weight is 339 g/mol. The van der Waals surface area contributed by atoms with E-state index in [0.717, 1.165) is 0 Å². The standard InChI is InChI=1S/Au.4ClH/h;4*1H/q+3;;;;/p-4. The van der Waals surface area contributed by atoms with Crippen molar-refractivity contribution >= 4 is 0 Å². The summed E-state index contributed by atoms with van der Waals surface area (Å²) in [6.45, 7) is 0. The maximum Gasteiger partial charge on any atom is 3.00 e. The average Bonchev–Trinajstić information content (AvgIpc) is 0. The van der Waals surface area contributed by atoms with Gasteiger partial charge < -0.3 is 49.6 Å². The van der Waals surface area contributed by atoms with Gasteiger partial charge in [0, 0.05) is 0 Å². The summed E-state index contributed by atoms with van der Waals surface area (Å²) >= 11 is 0. The first-order valence-electron chi connectivity index (χ1n) is 0. The Hall–Kier alpha value is 1.90. The maximum absolute atomic E-state index is 0. The van der Waals surface area contributed by atoms with Crippen LogP contribution in [0.2, 0.25) is 0 Å². The van der Waals surface area contributed by atoms with E-state index in [4.69, 9.17) is 0 Å². The van der Waals surface area contributed by atoms with Crippen LogP contribution in [0.3, 0.4) is 0 Å². The summed E-state index contributed by atoms with van der Waals surface area (Å²) in [5, 5.41) is 0. The Morgan fingerprint density at radius 2 is 0.400 bits per heavy atom. The van der Waals surface area contributed by atoms with Crippen LogP contribution in [0.4, 0.5) is 0 Å². The molecule has 0 amide bonds. The van der Waals surface area contributed by atoms with E-state index < -0.39 is 0 Å². The molecular weight excluding hydrogens is 339 g/mol. The van der Waals surface area contributed by atoms with Crippen molar-refractivity contribution < 1.29 is 72.0 Å². The summed E-state index contributed by atoms with van der Waals surface area (Å²) in [7, 11) is 0. The number of halogens is 4. The normalized spacial score (nSPS) is 0. The van der Waals surface area contributed by atoms with Crippen molar-refractivity contribution in [1.82, 2.24) is 0 Å². The minimum absolute atomic E-state index is 0. The molecule has 0 N–H and O–H groups in total. The van der Waals surface area contributed by atoms with Crippen LogP contribution in [-0.4, -0.2) is 0 Å². The van der Waals surface area contributed by atoms with Gasteiger partial charge in [0.05, 0.1) is 0 Å². The monoisotopic (exact) mass is 337 g/mol. The summed E-state index contributed by atoms with van der Waals surface area (Å²) in [5.41, 5.74) is 0. The van der Waals surface area contributed by atoms with Crippen molar-refractivity contribution in [3.63, 3.8) is 0 Å². The first kappa shape index (κ1) is 66.5. The molecule has 0 radical (unpaired) electrons. The molecule has 0 saturated carbocycles. The minimum Gasteiger partial charge on any atom is -1.00 e. The molecule has 0 nitrogen and oxygen atoms in total. The molecule has 0 atom stereocenters. The fourth-order valence-electron chi connectivity index (χ4n) is 0. The summed E-state index contributed by atoms with van der Waals surface area (Å²) in [6, 6.07) is 0. The Morgan fingerprint density at radius 1 is 0.400 bits per heavy atom. The Labute approximate surface area is 71.6 Å². The van der Waals surface area contributed by atoms with E-state index in [1.165, 1.54) is 0 Å². The molecule has 0 rings (SSSR count). The predicted octanol–water partition coefficient (Wildman–Crippen LogP) is -12.0. The number of hydrogen-bond donors (Lipinski definition) is 0. The molecular formula is AuCl4-. The molecule has 0 fully saturated rings. The van der Waals surface area contributed by atoms with Crippen molar-refractivity contribution in [2.75, 3.05) is 0 Å². The van der Waals surface area contributed by atoms with Crippen LogP contribution in [0.15, 0.2) is 0 Å². The third-order valence-corrected chi connectivity index (χ3v) is 0. The Kier molecular flexibility index (Phi) is 522. The van der Waals surface area contributed by atoms with Gasteiger partial charge in [-0.25, -0.2) is 0 Å². The number of rotatable bonds is 0. The van der Waals surface area contributed by atoms with Crippen LogP contribution in [0.25, 0.3) is 0 Å². The van der Waals surface area contributed by atoms with E-state index in [1.54, 1.807) is 0 Å². The zero-order valence-electron chi connectivity index (χ0n) is 1.81. The molecule has 5 heavy (non-hydrogen) atoms. The second-order valence-corrected chi connectivity index (χ2v) is 0. The first-order chi connectivity index (χ1) is 0. The summed E-state index contributed by atoms with van der Waals surface area (Å²) in [6.07, 6.45) is 0. The molecule has 0 aromatic heterocycles. The predicted molar refractivity (Wildman–Crippen MR) is 0 cm³/mol. The Balaban J connectivity index is 0. The van der Waals surface area contributed by atoms with Gasteiger partial charge in [-0.05, 0) is 0 Å². The van der Waals surface area contributed by atoms with Crippen molar-refractivity contribution in [1.29, 1.82) is 0 Å². The van der Waals surface area contributed by atoms with Crippen molar-refractivity contribution in [3.05, 3.63) is 0 Å². The van der Waals surface area contributed by atoms with E-state index in [2.05, 4.69) is 0 Å². The van der Waals surface area contributed by atoms with Gasteiger partial charge >= 0.3 is 22.4 Å². The molecule has 0 heterocycles. The van der Waals surface area contributed by atoms with Crippen LogP contribution in [0.1, 0.15) is 0 Å². The zero-order chi connectivity index (χ0) is 0. The molecule has 0 aliphatic carbocycles. The fourth-order valence-corrected chi connectivity index (χ4v) is 0. The maximum atomic E-state index is 0. The third-order valence-electron chi connectivity index (χ3n) is 0. The largest absolute Gasteiger partial charge is 3.00 e. The van der Waals surface area contributed by atoms with E-state index in [1.807, 2.05) is 0 Å². The van der Waals surface area contributed by atoms with Gasteiger partial charge in [0.25, 0.3) is 0 Å². The molecule has 0 spiro atoms. The molecule has 0 aliphatic heterocycles. The van der Waals surface area contributed by atoms with Gasteiger partial charge in [-0.1, -0.05) is 0 Å². The van der Waals surface area contributed by atoms with E-state index in [0.29, 0.717) is 0 Å². The van der Waals surface area contributed by atoms with Gasteiger partial charge in [0.1, 0.15) is 0 Å². The minimum atomic E-state index is 0. The molecule has 5 heteroatoms. The molecule has 0 aliphatic rings. The zero-order valence-corrected chi connectivity index (χ0v) is 7.00. The van der Waals surface area contributed by atoms with E-state index in [9.17, 15) is 0 Å². The summed E-state index contributed by atoms with van der Waals surface area (Å²) in [5.74, 6) is 0. The quantitative estimate of drug-likeness (QED) is 0.385. The van der Waals surface area contributed by atoms with E-state index >= 15 is 0 Å². The smallest absolute Gasteiger partial charge is 1.00 e. The van der Waals surface area contributed by atoms with Crippen LogP contribution >= 0.6 is 0 Å². The molecule has 0 aromatic rings. The Morgan fingerprint density at radius 3 is 0.400 bits per heavy atom. The molecule has 0 bridgehead atoms. The SMILES string of the molecule is [Au+3].[Cl-].[Cl-].[Cl-].[Cl-]. The topological polar surface area (TPSA) is 0 Å². The van der Waals surface area contributed by atoms with Gasteiger partial charge in [-0.3, -0.25) is 0 Å². The van der Waals surface area contributed by atoms with Crippen LogP contribution in [-0.2, 0) is 22.4 Å². The van der Waals surface area contributed by atoms with Gasteiger partial charge in [0.2, 0.25) is 0 Å². The van der Waals surface area contributed by atoms with Crippen LogP contribution in [0.5, 0.6) is 0 Å². The Bertz CT molecular complexity index is 3.61. The van der Waals surface area contributed by atoms with Crippen molar-refractivity contribution in [3.8, 4) is 0 Å². The van der Waals surface area contributed by atoms with Crippen LogP contribution < -0.4 is 49.6 Å². The number of hydrogen-bond acceptors (Lipinski definition) is 0. The second kappa shape index (κ2) is 39.2. The molecule has 0 saturated heterocycles. The summed E-state index contributed by atoms with van der Waals surface area (Å²) < 4.78 is 0. The van der Waals surface area contributed by atoms with Gasteiger partial charge in [0.15, 0.2) is 0 Å². The van der Waals surface area contributed by atoms with Gasteiger partial charge in [-0.2, -0.15) is 0 Å². The molecule has 0 unspecified atom stereocenters.